The molecule has 1 saturated heterocycles. The third-order valence-corrected chi connectivity index (χ3v) is 5.00. The number of alkyl halides is 3. The smallest absolute Gasteiger partial charge is 0.401 e. The number of hydrogen-bond donors (Lipinski definition) is 3. The predicted molar refractivity (Wildman–Crippen MR) is 98.1 cm³/mol. The zero-order chi connectivity index (χ0) is 21.3. The summed E-state index contributed by atoms with van der Waals surface area (Å²) >= 11 is 0. The molecule has 0 aromatic heterocycles. The Bertz CT molecular complexity index is 626. The molecule has 2 aliphatic rings. The van der Waals surface area contributed by atoms with Crippen molar-refractivity contribution in [3.05, 3.63) is 11.9 Å². The van der Waals surface area contributed by atoms with Crippen molar-refractivity contribution >= 4 is 11.8 Å². The summed E-state index contributed by atoms with van der Waals surface area (Å²) in [4.78, 5) is 26.8. The Morgan fingerprint density at radius 2 is 1.86 bits per heavy atom. The van der Waals surface area contributed by atoms with Gasteiger partial charge in [0.2, 0.25) is 11.8 Å². The van der Waals surface area contributed by atoms with Crippen molar-refractivity contribution in [1.29, 1.82) is 0 Å². The summed E-state index contributed by atoms with van der Waals surface area (Å²) in [7, 11) is 0. The first-order valence-electron chi connectivity index (χ1n) is 9.46. The lowest BCUT2D eigenvalue weighted by Crippen LogP contribution is -2.58. The number of amides is 2. The number of nitrogens with two attached hydrogens (primary N) is 2. The van der Waals surface area contributed by atoms with Crippen LogP contribution in [0.3, 0.4) is 0 Å². The van der Waals surface area contributed by atoms with Gasteiger partial charge in [0.1, 0.15) is 18.6 Å². The van der Waals surface area contributed by atoms with E-state index in [4.69, 9.17) is 11.6 Å². The number of carbonyl (C=O) groups is 2. The molecule has 7 nitrogen and oxygen atoms in total. The lowest BCUT2D eigenvalue weighted by atomic mass is 9.85. The van der Waals surface area contributed by atoms with E-state index in [2.05, 4.69) is 0 Å². The van der Waals surface area contributed by atoms with Crippen molar-refractivity contribution in [2.45, 2.75) is 64.7 Å². The Hall–Kier alpha value is -1.97. The molecule has 0 aromatic carbocycles. The van der Waals surface area contributed by atoms with Crippen LogP contribution in [0.25, 0.3) is 0 Å². The van der Waals surface area contributed by atoms with Gasteiger partial charge in [-0.15, -0.1) is 0 Å². The van der Waals surface area contributed by atoms with E-state index in [1.807, 2.05) is 26.1 Å². The van der Waals surface area contributed by atoms with Crippen molar-refractivity contribution in [3.63, 3.8) is 0 Å². The van der Waals surface area contributed by atoms with Crippen LogP contribution in [-0.4, -0.2) is 53.1 Å². The molecule has 2 rings (SSSR count). The number of carbonyl (C=O) groups excluding carboxylic acids is 2. The van der Waals surface area contributed by atoms with E-state index in [0.717, 1.165) is 12.8 Å². The molecule has 2 atom stereocenters. The second-order valence-corrected chi connectivity index (χ2v) is 8.64. The first-order valence-corrected chi connectivity index (χ1v) is 9.46. The van der Waals surface area contributed by atoms with Crippen molar-refractivity contribution in [2.75, 3.05) is 13.1 Å². The highest BCUT2D eigenvalue weighted by Crippen LogP contribution is 2.35. The number of rotatable bonds is 6. The standard InChI is InChI=1S/C18H30F3N5O2/c1-17(2,3)14(26(23)9-12(22)11-6-7-11)16(28)25-8-4-5-13(25)15(27)24-10-18(19,20)21/h9,11,13-14H,4-8,10,22-23H2,1-3H3,(H,24,27)/b12-9-. The second kappa shape index (κ2) is 8.18. The summed E-state index contributed by atoms with van der Waals surface area (Å²) < 4.78 is 37.2. The van der Waals surface area contributed by atoms with Crippen molar-refractivity contribution in [1.82, 2.24) is 15.2 Å². The molecule has 0 aromatic rings. The second-order valence-electron chi connectivity index (χ2n) is 8.64. The predicted octanol–water partition coefficient (Wildman–Crippen LogP) is 1.46. The number of likely N-dealkylation sites (tertiary alicyclic amines) is 1. The lowest BCUT2D eigenvalue weighted by Gasteiger charge is -2.39. The fraction of sp³-hybridized carbons (Fsp3) is 0.778. The van der Waals surface area contributed by atoms with Crippen LogP contribution in [0.4, 0.5) is 13.2 Å². The summed E-state index contributed by atoms with van der Waals surface area (Å²) in [5.74, 6) is 5.24. The molecule has 2 amide bonds. The number of nitrogens with zero attached hydrogens (tertiary/aromatic N) is 2. The molecule has 1 heterocycles. The Labute approximate surface area is 163 Å². The Morgan fingerprint density at radius 3 is 2.36 bits per heavy atom. The van der Waals surface area contributed by atoms with Gasteiger partial charge in [0, 0.05) is 24.4 Å². The highest BCUT2D eigenvalue weighted by molar-refractivity contribution is 5.90. The van der Waals surface area contributed by atoms with E-state index < -0.39 is 36.1 Å². The molecule has 2 fully saturated rings. The van der Waals surface area contributed by atoms with Crippen molar-refractivity contribution in [2.24, 2.45) is 22.9 Å². The highest BCUT2D eigenvalue weighted by atomic mass is 19.4. The Balaban J connectivity index is 2.15. The third-order valence-electron chi connectivity index (χ3n) is 5.00. The quantitative estimate of drug-likeness (QED) is 0.458. The Morgan fingerprint density at radius 1 is 1.25 bits per heavy atom. The molecule has 28 heavy (non-hydrogen) atoms. The molecule has 1 aliphatic heterocycles. The summed E-state index contributed by atoms with van der Waals surface area (Å²) in [6, 6.07) is -1.74. The minimum Gasteiger partial charge on any atom is -0.401 e. The molecule has 0 bridgehead atoms. The van der Waals surface area contributed by atoms with Gasteiger partial charge in [-0.1, -0.05) is 20.8 Å². The van der Waals surface area contributed by atoms with Gasteiger partial charge in [-0.05, 0) is 31.1 Å². The largest absolute Gasteiger partial charge is 0.405 e. The average molecular weight is 405 g/mol. The monoisotopic (exact) mass is 405 g/mol. The minimum atomic E-state index is -4.50. The van der Waals surface area contributed by atoms with Gasteiger partial charge < -0.3 is 21.0 Å². The maximum Gasteiger partial charge on any atom is 0.405 e. The normalized spacial score (nSPS) is 22.2. The minimum absolute atomic E-state index is 0.273. The van der Waals surface area contributed by atoms with Gasteiger partial charge >= 0.3 is 6.18 Å². The van der Waals surface area contributed by atoms with E-state index >= 15 is 0 Å². The van der Waals surface area contributed by atoms with Crippen LogP contribution in [-0.2, 0) is 9.59 Å². The van der Waals surface area contributed by atoms with E-state index in [1.165, 1.54) is 9.91 Å². The number of nitrogens with one attached hydrogen (secondary N) is 1. The average Bonchev–Trinajstić information content (AvgIpc) is 3.27. The lowest BCUT2D eigenvalue weighted by molar-refractivity contribution is -0.148. The fourth-order valence-electron chi connectivity index (χ4n) is 3.48. The Kier molecular flexibility index (Phi) is 6.52. The van der Waals surface area contributed by atoms with E-state index in [1.54, 1.807) is 6.20 Å². The first kappa shape index (κ1) is 22.3. The maximum absolute atomic E-state index is 13.2. The fourth-order valence-corrected chi connectivity index (χ4v) is 3.48. The van der Waals surface area contributed by atoms with Gasteiger partial charge in [-0.2, -0.15) is 13.2 Å². The molecule has 0 radical (unpaired) electrons. The van der Waals surface area contributed by atoms with Crippen LogP contribution in [0.1, 0.15) is 46.5 Å². The van der Waals surface area contributed by atoms with Gasteiger partial charge in [0.25, 0.3) is 0 Å². The van der Waals surface area contributed by atoms with Gasteiger partial charge in [-0.25, -0.2) is 5.84 Å². The number of hydrazine groups is 1. The highest BCUT2D eigenvalue weighted by Gasteiger charge is 2.43. The summed E-state index contributed by atoms with van der Waals surface area (Å²) in [6.45, 7) is 4.39. The van der Waals surface area contributed by atoms with Gasteiger partial charge in [-0.3, -0.25) is 9.59 Å². The third kappa shape index (κ3) is 5.76. The van der Waals surface area contributed by atoms with Gasteiger partial charge in [0.15, 0.2) is 0 Å². The summed E-state index contributed by atoms with van der Waals surface area (Å²) in [5, 5.41) is 3.15. The van der Waals surface area contributed by atoms with Crippen molar-refractivity contribution < 1.29 is 22.8 Å². The molecule has 1 saturated carbocycles. The SMILES string of the molecule is CC(C)(C)C(C(=O)N1CCCC1C(=O)NCC(F)(F)F)N(N)/C=C(\N)C1CC1. The molecule has 1 aliphatic carbocycles. The molecular weight excluding hydrogens is 375 g/mol. The molecule has 160 valence electrons. The molecule has 10 heteroatoms. The van der Waals surface area contributed by atoms with Crippen LogP contribution in [0.2, 0.25) is 0 Å². The van der Waals surface area contributed by atoms with E-state index in [9.17, 15) is 22.8 Å². The maximum atomic E-state index is 13.2. The van der Waals surface area contributed by atoms with Crippen molar-refractivity contribution in [3.8, 4) is 0 Å². The molecular formula is C18H30F3N5O2. The first-order chi connectivity index (χ1) is 12.8. The molecule has 2 unspecified atom stereocenters. The summed E-state index contributed by atoms with van der Waals surface area (Å²) in [6.07, 6.45) is -0.124. The van der Waals surface area contributed by atoms with Crippen LogP contribution >= 0.6 is 0 Å². The molecule has 5 N–H and O–H groups in total. The van der Waals surface area contributed by atoms with E-state index in [0.29, 0.717) is 25.1 Å². The molecule has 0 spiro atoms. The van der Waals surface area contributed by atoms with Gasteiger partial charge in [0.05, 0.1) is 0 Å². The van der Waals surface area contributed by atoms with Crippen LogP contribution in [0.15, 0.2) is 11.9 Å². The van der Waals surface area contributed by atoms with Crippen LogP contribution < -0.4 is 16.9 Å². The topological polar surface area (TPSA) is 105 Å². The number of hydrogen-bond acceptors (Lipinski definition) is 5. The summed E-state index contributed by atoms with van der Waals surface area (Å²) in [5.41, 5.74) is 6.03. The number of allylic oxidation sites excluding steroid dienone is 1. The van der Waals surface area contributed by atoms with Crippen LogP contribution in [0.5, 0.6) is 0 Å². The van der Waals surface area contributed by atoms with E-state index in [-0.39, 0.29) is 11.8 Å². The zero-order valence-corrected chi connectivity index (χ0v) is 16.6. The van der Waals surface area contributed by atoms with Crippen LogP contribution in [0, 0.1) is 11.3 Å². The zero-order valence-electron chi connectivity index (χ0n) is 16.6. The number of halogens is 3.